The summed E-state index contributed by atoms with van der Waals surface area (Å²) in [6.45, 7) is 3.01. The third kappa shape index (κ3) is 3.20. The quantitative estimate of drug-likeness (QED) is 0.694. The number of aromatic nitrogens is 4. The lowest BCUT2D eigenvalue weighted by atomic mass is 9.78. The molecule has 2 aromatic heterocycles. The molecule has 0 spiro atoms. The summed E-state index contributed by atoms with van der Waals surface area (Å²) in [5, 5.41) is 14.2. The van der Waals surface area contributed by atoms with Crippen LogP contribution in [0.3, 0.4) is 0 Å². The van der Waals surface area contributed by atoms with Crippen molar-refractivity contribution >= 4 is 11.8 Å². The van der Waals surface area contributed by atoms with E-state index < -0.39 is 0 Å². The van der Waals surface area contributed by atoms with Crippen molar-refractivity contribution < 1.29 is 9.59 Å². The Morgan fingerprint density at radius 3 is 2.79 bits per heavy atom. The van der Waals surface area contributed by atoms with Gasteiger partial charge in [-0.25, -0.2) is 0 Å². The molecular formula is C21H22N6O2. The van der Waals surface area contributed by atoms with Crippen LogP contribution in [-0.2, 0) is 6.54 Å². The average Bonchev–Trinajstić information content (AvgIpc) is 3.45. The summed E-state index contributed by atoms with van der Waals surface area (Å²) in [5.74, 6) is -0.226. The molecule has 1 aliphatic carbocycles. The zero-order valence-corrected chi connectivity index (χ0v) is 16.1. The first-order valence-corrected chi connectivity index (χ1v) is 9.73. The topological polar surface area (TPSA) is 95.9 Å². The standard InChI is InChI=1S/C21H22N6O2/c1-14-7-18(25-24-14)19(28)23-21-8-17(9-21)27(13-21)20(29)16-10-22-26(12-16)11-15-5-3-2-4-6-15/h2-7,10,12,17H,8-9,11,13H2,1H3,(H,23,28)(H,24,25). The Balaban J connectivity index is 1.24. The SMILES string of the molecule is Cc1cc(C(=O)NC23CC(C2)N(C(=O)c2cnn(Cc4ccccc4)c2)C3)n[nH]1. The van der Waals surface area contributed by atoms with Crippen molar-refractivity contribution in [3.05, 3.63) is 71.3 Å². The molecule has 3 aromatic rings. The lowest BCUT2D eigenvalue weighted by Gasteiger charge is -2.37. The van der Waals surface area contributed by atoms with E-state index in [9.17, 15) is 9.59 Å². The van der Waals surface area contributed by atoms with E-state index in [1.807, 2.05) is 42.2 Å². The summed E-state index contributed by atoms with van der Waals surface area (Å²) >= 11 is 0. The van der Waals surface area contributed by atoms with E-state index in [4.69, 9.17) is 0 Å². The fourth-order valence-electron chi connectivity index (χ4n) is 4.36. The van der Waals surface area contributed by atoms with Crippen LogP contribution in [-0.4, -0.2) is 54.8 Å². The minimum absolute atomic E-state index is 0.0291. The average molecular weight is 390 g/mol. The number of carbonyl (C=O) groups excluding carboxylic acids is 2. The normalized spacial score (nSPS) is 22.4. The van der Waals surface area contributed by atoms with Gasteiger partial charge in [0.05, 0.1) is 23.8 Å². The molecule has 3 aliphatic rings. The molecule has 2 saturated heterocycles. The summed E-state index contributed by atoms with van der Waals surface area (Å²) < 4.78 is 1.78. The Bertz CT molecular complexity index is 1060. The molecule has 1 saturated carbocycles. The first-order valence-electron chi connectivity index (χ1n) is 9.73. The minimum atomic E-state index is -0.343. The van der Waals surface area contributed by atoms with Crippen molar-refractivity contribution in [2.24, 2.45) is 0 Å². The van der Waals surface area contributed by atoms with Gasteiger partial charge in [0, 0.05) is 24.5 Å². The number of hydrogen-bond acceptors (Lipinski definition) is 4. The van der Waals surface area contributed by atoms with Gasteiger partial charge in [-0.05, 0) is 31.4 Å². The number of hydrogen-bond donors (Lipinski definition) is 2. The summed E-state index contributed by atoms with van der Waals surface area (Å²) in [5.41, 5.74) is 2.60. The van der Waals surface area contributed by atoms with Crippen molar-refractivity contribution in [1.82, 2.24) is 30.2 Å². The van der Waals surface area contributed by atoms with Gasteiger partial charge in [0.1, 0.15) is 5.69 Å². The highest BCUT2D eigenvalue weighted by Gasteiger charge is 2.57. The molecule has 6 rings (SSSR count). The second kappa shape index (κ2) is 6.58. The predicted molar refractivity (Wildman–Crippen MR) is 105 cm³/mol. The highest BCUT2D eigenvalue weighted by atomic mass is 16.2. The van der Waals surface area contributed by atoms with E-state index in [1.54, 1.807) is 23.1 Å². The number of amides is 2. The van der Waals surface area contributed by atoms with Gasteiger partial charge < -0.3 is 10.2 Å². The van der Waals surface area contributed by atoms with Gasteiger partial charge in [0.2, 0.25) is 0 Å². The van der Waals surface area contributed by atoms with Gasteiger partial charge in [-0.15, -0.1) is 0 Å². The van der Waals surface area contributed by atoms with Gasteiger partial charge in [-0.3, -0.25) is 19.4 Å². The van der Waals surface area contributed by atoms with E-state index in [-0.39, 0.29) is 23.4 Å². The van der Waals surface area contributed by atoms with E-state index in [1.165, 1.54) is 0 Å². The van der Waals surface area contributed by atoms with Crippen LogP contribution in [0.5, 0.6) is 0 Å². The van der Waals surface area contributed by atoms with E-state index in [0.717, 1.165) is 24.1 Å². The highest BCUT2D eigenvalue weighted by molar-refractivity contribution is 5.96. The van der Waals surface area contributed by atoms with Gasteiger partial charge >= 0.3 is 0 Å². The number of aryl methyl sites for hydroxylation is 1. The van der Waals surface area contributed by atoms with Crippen molar-refractivity contribution in [3.63, 3.8) is 0 Å². The Labute approximate surface area is 167 Å². The first kappa shape index (κ1) is 17.7. The molecule has 0 atom stereocenters. The van der Waals surface area contributed by atoms with Crippen LogP contribution in [0, 0.1) is 6.92 Å². The second-order valence-electron chi connectivity index (χ2n) is 8.08. The smallest absolute Gasteiger partial charge is 0.272 e. The van der Waals surface area contributed by atoms with Crippen LogP contribution in [0.1, 0.15) is 44.9 Å². The Morgan fingerprint density at radius 2 is 2.07 bits per heavy atom. The molecule has 2 bridgehead atoms. The number of carbonyl (C=O) groups is 2. The lowest BCUT2D eigenvalue weighted by Crippen LogP contribution is -2.55. The third-order valence-electron chi connectivity index (χ3n) is 5.81. The highest BCUT2D eigenvalue weighted by Crippen LogP contribution is 2.45. The molecule has 29 heavy (non-hydrogen) atoms. The molecule has 0 radical (unpaired) electrons. The van der Waals surface area contributed by atoms with Gasteiger partial charge in [0.25, 0.3) is 11.8 Å². The van der Waals surface area contributed by atoms with E-state index >= 15 is 0 Å². The van der Waals surface area contributed by atoms with Crippen LogP contribution in [0.4, 0.5) is 0 Å². The fraction of sp³-hybridized carbons (Fsp3) is 0.333. The molecule has 2 aliphatic heterocycles. The number of rotatable bonds is 5. The molecule has 0 unspecified atom stereocenters. The van der Waals surface area contributed by atoms with Gasteiger partial charge in [0.15, 0.2) is 0 Å². The molecule has 1 aromatic carbocycles. The van der Waals surface area contributed by atoms with Crippen molar-refractivity contribution in [2.45, 2.75) is 37.9 Å². The van der Waals surface area contributed by atoms with Gasteiger partial charge in [-0.2, -0.15) is 10.2 Å². The number of nitrogens with zero attached hydrogens (tertiary/aromatic N) is 4. The summed E-state index contributed by atoms with van der Waals surface area (Å²) in [7, 11) is 0. The number of fused-ring (bicyclic) bond motifs is 1. The lowest BCUT2D eigenvalue weighted by molar-refractivity contribution is 0.0748. The second-order valence-corrected chi connectivity index (χ2v) is 8.08. The van der Waals surface area contributed by atoms with Crippen molar-refractivity contribution in [3.8, 4) is 0 Å². The van der Waals surface area contributed by atoms with Crippen LogP contribution in [0.25, 0.3) is 0 Å². The molecule has 8 heteroatoms. The van der Waals surface area contributed by atoms with E-state index in [0.29, 0.717) is 24.3 Å². The van der Waals surface area contributed by atoms with Crippen LogP contribution >= 0.6 is 0 Å². The van der Waals surface area contributed by atoms with Gasteiger partial charge in [-0.1, -0.05) is 30.3 Å². The minimum Gasteiger partial charge on any atom is -0.343 e. The van der Waals surface area contributed by atoms with Crippen molar-refractivity contribution in [2.75, 3.05) is 6.54 Å². The number of benzene rings is 1. The third-order valence-corrected chi connectivity index (χ3v) is 5.81. The van der Waals surface area contributed by atoms with Crippen molar-refractivity contribution in [1.29, 1.82) is 0 Å². The summed E-state index contributed by atoms with van der Waals surface area (Å²) in [4.78, 5) is 27.3. The first-order chi connectivity index (χ1) is 14.0. The monoisotopic (exact) mass is 390 g/mol. The Kier molecular flexibility index (Phi) is 4.01. The molecule has 148 valence electrons. The maximum atomic E-state index is 13.0. The van der Waals surface area contributed by atoms with Crippen LogP contribution in [0.15, 0.2) is 48.8 Å². The molecule has 8 nitrogen and oxygen atoms in total. The summed E-state index contributed by atoms with van der Waals surface area (Å²) in [6, 6.07) is 11.9. The molecule has 2 amide bonds. The fourth-order valence-corrected chi connectivity index (χ4v) is 4.36. The molecule has 3 fully saturated rings. The summed E-state index contributed by atoms with van der Waals surface area (Å²) in [6.07, 6.45) is 4.99. The van der Waals surface area contributed by atoms with E-state index in [2.05, 4.69) is 20.6 Å². The largest absolute Gasteiger partial charge is 0.343 e. The maximum Gasteiger partial charge on any atom is 0.272 e. The number of nitrogens with one attached hydrogen (secondary N) is 2. The predicted octanol–water partition coefficient (Wildman–Crippen LogP) is 1.75. The van der Waals surface area contributed by atoms with Crippen LogP contribution in [0.2, 0.25) is 0 Å². The molecule has 2 N–H and O–H groups in total. The zero-order chi connectivity index (χ0) is 20.0. The molecular weight excluding hydrogens is 368 g/mol. The molecule has 4 heterocycles. The maximum absolute atomic E-state index is 13.0. The zero-order valence-electron chi connectivity index (χ0n) is 16.1. The Hall–Kier alpha value is -3.42. The van der Waals surface area contributed by atoms with Crippen LogP contribution < -0.4 is 5.32 Å². The number of aromatic amines is 1. The number of H-pyrrole nitrogens is 1. The Morgan fingerprint density at radius 1 is 1.28 bits per heavy atom.